The van der Waals surface area contributed by atoms with Crippen molar-refractivity contribution in [2.75, 3.05) is 19.0 Å². The first kappa shape index (κ1) is 16.5. The van der Waals surface area contributed by atoms with Gasteiger partial charge in [-0.1, -0.05) is 11.6 Å². The Morgan fingerprint density at radius 1 is 1.17 bits per heavy atom. The van der Waals surface area contributed by atoms with Crippen molar-refractivity contribution in [1.82, 2.24) is 9.97 Å². The molecule has 0 bridgehead atoms. The highest BCUT2D eigenvalue weighted by Gasteiger charge is 2.44. The van der Waals surface area contributed by atoms with E-state index in [2.05, 4.69) is 9.97 Å². The summed E-state index contributed by atoms with van der Waals surface area (Å²) in [6.07, 6.45) is 0. The summed E-state index contributed by atoms with van der Waals surface area (Å²) < 4.78 is 5.83. The zero-order chi connectivity index (χ0) is 17.6. The van der Waals surface area contributed by atoms with Gasteiger partial charge in [0, 0.05) is 31.1 Å². The van der Waals surface area contributed by atoms with Crippen LogP contribution in [0.4, 0.5) is 5.82 Å². The molecule has 0 aliphatic carbocycles. The monoisotopic (exact) mass is 347 g/mol. The minimum absolute atomic E-state index is 0.285. The summed E-state index contributed by atoms with van der Waals surface area (Å²) >= 11 is 5.97. The lowest BCUT2D eigenvalue weighted by Gasteiger charge is -2.35. The number of ether oxygens (including phenoxy) is 1. The van der Waals surface area contributed by atoms with E-state index in [4.69, 9.17) is 16.3 Å². The number of hydrogen-bond acceptors (Lipinski definition) is 5. The van der Waals surface area contributed by atoms with Crippen molar-refractivity contribution >= 4 is 23.4 Å². The van der Waals surface area contributed by atoms with E-state index in [0.29, 0.717) is 23.1 Å². The van der Waals surface area contributed by atoms with E-state index in [0.717, 1.165) is 5.56 Å². The molecular formula is C17H18ClN3O3. The number of halogens is 1. The van der Waals surface area contributed by atoms with Gasteiger partial charge in [0.05, 0.1) is 5.41 Å². The molecule has 1 aliphatic heterocycles. The molecule has 0 aromatic carbocycles. The summed E-state index contributed by atoms with van der Waals surface area (Å²) in [7, 11) is 3.75. The van der Waals surface area contributed by atoms with Crippen LogP contribution in [-0.4, -0.2) is 35.1 Å². The third-order valence-electron chi connectivity index (χ3n) is 4.28. The first-order chi connectivity index (χ1) is 11.2. The van der Waals surface area contributed by atoms with Gasteiger partial charge in [-0.3, -0.25) is 4.79 Å². The molecule has 1 unspecified atom stereocenters. The molecule has 6 nitrogen and oxygen atoms in total. The number of carboxylic acids is 1. The van der Waals surface area contributed by atoms with Crippen LogP contribution in [0.25, 0.3) is 0 Å². The van der Waals surface area contributed by atoms with Gasteiger partial charge in [-0.2, -0.15) is 4.98 Å². The molecule has 0 amide bonds. The minimum atomic E-state index is -1.07. The summed E-state index contributed by atoms with van der Waals surface area (Å²) in [6.45, 7) is 3.38. The summed E-state index contributed by atoms with van der Waals surface area (Å²) in [5.41, 5.74) is 0.354. The molecule has 7 heteroatoms. The van der Waals surface area contributed by atoms with Gasteiger partial charge in [0.15, 0.2) is 0 Å². The second-order valence-corrected chi connectivity index (χ2v) is 6.94. The van der Waals surface area contributed by atoms with Gasteiger partial charge >= 0.3 is 5.97 Å². The SMILES string of the molecule is CN(C)c1ccc2c(n1)Oc1nc(Cl)ccc1C2C(C)(C)C(=O)O. The summed E-state index contributed by atoms with van der Waals surface area (Å²) in [4.78, 5) is 22.4. The highest BCUT2D eigenvalue weighted by Crippen LogP contribution is 2.51. The van der Waals surface area contributed by atoms with Gasteiger partial charge in [0.25, 0.3) is 0 Å². The minimum Gasteiger partial charge on any atom is -0.481 e. The number of hydrogen-bond donors (Lipinski definition) is 1. The van der Waals surface area contributed by atoms with Crippen LogP contribution in [0.2, 0.25) is 5.15 Å². The van der Waals surface area contributed by atoms with Crippen molar-refractivity contribution in [3.05, 3.63) is 40.5 Å². The number of rotatable bonds is 3. The van der Waals surface area contributed by atoms with Crippen LogP contribution in [0.3, 0.4) is 0 Å². The van der Waals surface area contributed by atoms with Gasteiger partial charge in [-0.25, -0.2) is 4.98 Å². The second-order valence-electron chi connectivity index (χ2n) is 6.55. The molecule has 24 heavy (non-hydrogen) atoms. The Balaban J connectivity index is 2.24. The number of pyridine rings is 2. The first-order valence-corrected chi connectivity index (χ1v) is 7.85. The molecule has 126 valence electrons. The van der Waals surface area contributed by atoms with E-state index in [1.165, 1.54) is 0 Å². The van der Waals surface area contributed by atoms with Crippen molar-refractivity contribution in [3.8, 4) is 11.8 Å². The fraction of sp³-hybridized carbons (Fsp3) is 0.353. The Labute approximate surface area is 145 Å². The molecular weight excluding hydrogens is 330 g/mol. The quantitative estimate of drug-likeness (QED) is 0.856. The highest BCUT2D eigenvalue weighted by atomic mass is 35.5. The van der Waals surface area contributed by atoms with Gasteiger partial charge in [0.2, 0.25) is 11.8 Å². The van der Waals surface area contributed by atoms with Crippen LogP contribution < -0.4 is 9.64 Å². The first-order valence-electron chi connectivity index (χ1n) is 7.47. The molecule has 2 aromatic rings. The number of carbonyl (C=O) groups is 1. The fourth-order valence-electron chi connectivity index (χ4n) is 2.88. The molecule has 0 fully saturated rings. The summed E-state index contributed by atoms with van der Waals surface area (Å²) in [5, 5.41) is 10.0. The van der Waals surface area contributed by atoms with E-state index < -0.39 is 17.3 Å². The Kier molecular flexibility index (Phi) is 3.87. The maximum atomic E-state index is 11.9. The lowest BCUT2D eigenvalue weighted by Crippen LogP contribution is -2.34. The summed E-state index contributed by atoms with van der Waals surface area (Å²) in [6, 6.07) is 7.12. The molecule has 0 spiro atoms. The zero-order valence-electron chi connectivity index (χ0n) is 13.9. The number of anilines is 1. The van der Waals surface area contributed by atoms with Gasteiger partial charge in [-0.15, -0.1) is 0 Å². The maximum absolute atomic E-state index is 11.9. The fourth-order valence-corrected chi connectivity index (χ4v) is 3.02. The Hall–Kier alpha value is -2.34. The van der Waals surface area contributed by atoms with Crippen molar-refractivity contribution in [2.24, 2.45) is 5.41 Å². The van der Waals surface area contributed by atoms with E-state index in [9.17, 15) is 9.90 Å². The average Bonchev–Trinajstić information content (AvgIpc) is 2.51. The molecule has 3 rings (SSSR count). The van der Waals surface area contributed by atoms with Gasteiger partial charge in [0.1, 0.15) is 11.0 Å². The number of aliphatic carboxylic acids is 1. The zero-order valence-corrected chi connectivity index (χ0v) is 14.6. The van der Waals surface area contributed by atoms with E-state index in [1.807, 2.05) is 31.1 Å². The lowest BCUT2D eigenvalue weighted by molar-refractivity contribution is -0.147. The standard InChI is InChI=1S/C17H18ClN3O3/c1-17(2,16(22)23)13-9-5-7-11(18)19-14(9)24-15-10(13)6-8-12(20-15)21(3)4/h5-8,13H,1-4H3,(H,22,23). The van der Waals surface area contributed by atoms with Crippen LogP contribution in [0, 0.1) is 5.41 Å². The molecule has 0 saturated carbocycles. The lowest BCUT2D eigenvalue weighted by atomic mass is 9.71. The predicted molar refractivity (Wildman–Crippen MR) is 91.1 cm³/mol. The topological polar surface area (TPSA) is 75.5 Å². The molecule has 0 saturated heterocycles. The normalized spacial score (nSPS) is 16.0. The molecule has 0 radical (unpaired) electrons. The number of nitrogens with zero attached hydrogens (tertiary/aromatic N) is 3. The summed E-state index contributed by atoms with van der Waals surface area (Å²) in [5.74, 6) is 0.0341. The van der Waals surface area contributed by atoms with Crippen LogP contribution in [0.15, 0.2) is 24.3 Å². The second kappa shape index (κ2) is 5.63. The Morgan fingerprint density at radius 3 is 2.33 bits per heavy atom. The molecule has 1 aliphatic rings. The number of carboxylic acid groups (broad SMARTS) is 1. The third-order valence-corrected chi connectivity index (χ3v) is 4.49. The van der Waals surface area contributed by atoms with Crippen LogP contribution in [-0.2, 0) is 4.79 Å². The highest BCUT2D eigenvalue weighted by molar-refractivity contribution is 6.29. The van der Waals surface area contributed by atoms with Crippen molar-refractivity contribution in [1.29, 1.82) is 0 Å². The van der Waals surface area contributed by atoms with E-state index in [1.54, 1.807) is 26.0 Å². The average molecular weight is 348 g/mol. The molecule has 3 heterocycles. The molecule has 2 aromatic heterocycles. The van der Waals surface area contributed by atoms with Gasteiger partial charge in [-0.05, 0) is 38.1 Å². The Morgan fingerprint density at radius 2 is 1.75 bits per heavy atom. The molecule has 1 atom stereocenters. The van der Waals surface area contributed by atoms with Crippen LogP contribution in [0.5, 0.6) is 11.8 Å². The third kappa shape index (κ3) is 2.57. The van der Waals surface area contributed by atoms with E-state index >= 15 is 0 Å². The number of fused-ring (bicyclic) bond motifs is 2. The van der Waals surface area contributed by atoms with Crippen LogP contribution in [0.1, 0.15) is 30.9 Å². The number of aromatic nitrogens is 2. The largest absolute Gasteiger partial charge is 0.481 e. The van der Waals surface area contributed by atoms with Crippen molar-refractivity contribution in [2.45, 2.75) is 19.8 Å². The van der Waals surface area contributed by atoms with Gasteiger partial charge < -0.3 is 14.7 Å². The van der Waals surface area contributed by atoms with E-state index in [-0.39, 0.29) is 5.15 Å². The maximum Gasteiger partial charge on any atom is 0.310 e. The van der Waals surface area contributed by atoms with Crippen molar-refractivity contribution < 1.29 is 14.6 Å². The molecule has 1 N–H and O–H groups in total. The predicted octanol–water partition coefficient (Wildman–Crippen LogP) is 3.54. The van der Waals surface area contributed by atoms with Crippen LogP contribution >= 0.6 is 11.6 Å². The Bertz CT molecular complexity index is 821. The smallest absolute Gasteiger partial charge is 0.310 e. The van der Waals surface area contributed by atoms with Crippen molar-refractivity contribution in [3.63, 3.8) is 0 Å².